The monoisotopic (exact) mass is 145 g/mol. The van der Waals surface area contributed by atoms with Crippen molar-refractivity contribution in [3.8, 4) is 0 Å². The molecule has 1 heterocycles. The van der Waals surface area contributed by atoms with E-state index in [0.29, 0.717) is 11.6 Å². The molecular weight excluding hydrogens is 134 g/mol. The van der Waals surface area contributed by atoms with E-state index < -0.39 is 0 Å². The van der Waals surface area contributed by atoms with Crippen LogP contribution in [0.1, 0.15) is 24.4 Å². The van der Waals surface area contributed by atoms with E-state index in [4.69, 9.17) is 0 Å². The molecule has 0 aromatic heterocycles. The maximum Gasteiger partial charge on any atom is 0.0510 e. The second-order valence-electron chi connectivity index (χ2n) is 3.64. The fourth-order valence-corrected chi connectivity index (χ4v) is 1.86. The van der Waals surface area contributed by atoms with E-state index in [1.807, 2.05) is 0 Å². The van der Waals surface area contributed by atoms with Crippen molar-refractivity contribution in [3.63, 3.8) is 0 Å². The molecule has 0 bridgehead atoms. The molecule has 1 nitrogen and oxygen atoms in total. The average molecular weight is 145 g/mol. The van der Waals surface area contributed by atoms with Crippen LogP contribution in [-0.4, -0.2) is 5.54 Å². The van der Waals surface area contributed by atoms with Gasteiger partial charge in [0, 0.05) is 5.54 Å². The molecule has 2 fully saturated rings. The van der Waals surface area contributed by atoms with Gasteiger partial charge in [-0.25, -0.2) is 0 Å². The summed E-state index contributed by atoms with van der Waals surface area (Å²) >= 11 is 0. The summed E-state index contributed by atoms with van der Waals surface area (Å²) in [4.78, 5) is 0. The summed E-state index contributed by atoms with van der Waals surface area (Å²) in [6, 6.07) is 11.4. The highest BCUT2D eigenvalue weighted by atomic mass is 15.3. The van der Waals surface area contributed by atoms with Crippen molar-refractivity contribution in [2.75, 3.05) is 0 Å². The second-order valence-corrected chi connectivity index (χ2v) is 3.64. The summed E-state index contributed by atoms with van der Waals surface area (Å²) in [5.74, 6) is 0. The molecule has 0 amide bonds. The molecule has 1 aromatic carbocycles. The minimum atomic E-state index is 0.571. The smallest absolute Gasteiger partial charge is 0.0510 e. The van der Waals surface area contributed by atoms with Crippen molar-refractivity contribution < 1.29 is 0 Å². The molecule has 1 aliphatic carbocycles. The molecule has 1 spiro atoms. The van der Waals surface area contributed by atoms with Gasteiger partial charge in [-0.2, -0.15) is 0 Å². The van der Waals surface area contributed by atoms with Gasteiger partial charge in [0.15, 0.2) is 0 Å². The van der Waals surface area contributed by atoms with Gasteiger partial charge >= 0.3 is 0 Å². The highest BCUT2D eigenvalue weighted by molar-refractivity contribution is 5.36. The van der Waals surface area contributed by atoms with E-state index in [-0.39, 0.29) is 0 Å². The normalized spacial score (nSPS) is 30.4. The molecule has 1 atom stereocenters. The molecule has 1 aromatic rings. The number of hydrogen-bond acceptors (Lipinski definition) is 1. The average Bonchev–Trinajstić information content (AvgIpc) is 2.95. The van der Waals surface area contributed by atoms with Crippen molar-refractivity contribution in [3.05, 3.63) is 35.9 Å². The zero-order chi connectivity index (χ0) is 7.31. The van der Waals surface area contributed by atoms with Crippen LogP contribution in [0.15, 0.2) is 30.3 Å². The highest BCUT2D eigenvalue weighted by Gasteiger charge is 2.62. The van der Waals surface area contributed by atoms with E-state index in [9.17, 15) is 0 Å². The number of rotatable bonds is 1. The van der Waals surface area contributed by atoms with Crippen LogP contribution in [0.3, 0.4) is 0 Å². The summed E-state index contributed by atoms with van der Waals surface area (Å²) < 4.78 is 0. The third kappa shape index (κ3) is 0.746. The van der Waals surface area contributed by atoms with E-state index in [1.54, 1.807) is 0 Å². The molecule has 11 heavy (non-hydrogen) atoms. The summed E-state index contributed by atoms with van der Waals surface area (Å²) in [5.41, 5.74) is 2.03. The van der Waals surface area contributed by atoms with Gasteiger partial charge in [0.25, 0.3) is 0 Å². The Morgan fingerprint density at radius 3 is 2.45 bits per heavy atom. The summed E-state index contributed by atoms with van der Waals surface area (Å²) in [7, 11) is 0. The van der Waals surface area contributed by atoms with Gasteiger partial charge in [0.05, 0.1) is 6.04 Å². The van der Waals surface area contributed by atoms with Crippen LogP contribution in [-0.2, 0) is 0 Å². The van der Waals surface area contributed by atoms with Gasteiger partial charge in [-0.05, 0) is 18.4 Å². The fraction of sp³-hybridized carbons (Fsp3) is 0.400. The maximum atomic E-state index is 3.54. The molecular formula is C10H11N. The quantitative estimate of drug-likeness (QED) is 0.598. The van der Waals surface area contributed by atoms with Gasteiger partial charge in [0.2, 0.25) is 0 Å². The highest BCUT2D eigenvalue weighted by Crippen LogP contribution is 2.58. The lowest BCUT2D eigenvalue weighted by molar-refractivity contribution is 0.983. The van der Waals surface area contributed by atoms with E-state index >= 15 is 0 Å². The van der Waals surface area contributed by atoms with E-state index in [1.165, 1.54) is 18.4 Å². The second kappa shape index (κ2) is 1.67. The first-order valence-electron chi connectivity index (χ1n) is 4.23. The van der Waals surface area contributed by atoms with Crippen LogP contribution in [0.25, 0.3) is 0 Å². The lowest BCUT2D eigenvalue weighted by Crippen LogP contribution is -1.84. The van der Waals surface area contributed by atoms with Crippen molar-refractivity contribution >= 4 is 0 Å². The predicted molar refractivity (Wildman–Crippen MR) is 44.3 cm³/mol. The molecule has 3 rings (SSSR count). The molecule has 1 N–H and O–H groups in total. The molecule has 0 unspecified atom stereocenters. The van der Waals surface area contributed by atoms with Gasteiger partial charge in [0.1, 0.15) is 0 Å². The Morgan fingerprint density at radius 2 is 1.91 bits per heavy atom. The van der Waals surface area contributed by atoms with Crippen molar-refractivity contribution in [2.24, 2.45) is 0 Å². The summed E-state index contributed by atoms with van der Waals surface area (Å²) in [6.45, 7) is 0. The van der Waals surface area contributed by atoms with Crippen LogP contribution in [0, 0.1) is 0 Å². The lowest BCUT2D eigenvalue weighted by Gasteiger charge is -1.93. The number of nitrogens with one attached hydrogen (secondary N) is 1. The zero-order valence-electron chi connectivity index (χ0n) is 6.38. The molecule has 1 saturated heterocycles. The van der Waals surface area contributed by atoms with Crippen LogP contribution in [0.4, 0.5) is 0 Å². The van der Waals surface area contributed by atoms with Crippen LogP contribution >= 0.6 is 0 Å². The number of hydrogen-bond donors (Lipinski definition) is 1. The molecule has 56 valence electrons. The third-order valence-corrected chi connectivity index (χ3v) is 2.82. The Bertz CT molecular complexity index is 274. The Labute approximate surface area is 66.4 Å². The molecule has 1 heteroatoms. The maximum absolute atomic E-state index is 3.54. The van der Waals surface area contributed by atoms with Crippen LogP contribution in [0.5, 0.6) is 0 Å². The molecule has 1 saturated carbocycles. The minimum Gasteiger partial charge on any atom is -0.301 e. The summed E-state index contributed by atoms with van der Waals surface area (Å²) in [6.07, 6.45) is 2.76. The Morgan fingerprint density at radius 1 is 1.18 bits per heavy atom. The standard InChI is InChI=1S/C10H11N/c1-2-4-8(5-3-1)9-10(11-9)6-7-10/h1-5,9,11H,6-7H2/t9-/m0/s1. The largest absolute Gasteiger partial charge is 0.301 e. The Hall–Kier alpha value is -0.820. The SMILES string of the molecule is c1ccc([C@@H]2NC23CC3)cc1. The fourth-order valence-electron chi connectivity index (χ4n) is 1.86. The molecule has 1 aliphatic heterocycles. The van der Waals surface area contributed by atoms with E-state index in [0.717, 1.165) is 0 Å². The minimum absolute atomic E-state index is 0.571. The Balaban J connectivity index is 1.91. The van der Waals surface area contributed by atoms with Crippen LogP contribution < -0.4 is 5.32 Å². The first-order valence-corrected chi connectivity index (χ1v) is 4.23. The first kappa shape index (κ1) is 5.78. The summed E-state index contributed by atoms with van der Waals surface area (Å²) in [5, 5.41) is 3.54. The van der Waals surface area contributed by atoms with Gasteiger partial charge in [-0.15, -0.1) is 0 Å². The first-order chi connectivity index (χ1) is 5.41. The van der Waals surface area contributed by atoms with Gasteiger partial charge in [-0.1, -0.05) is 30.3 Å². The van der Waals surface area contributed by atoms with Crippen molar-refractivity contribution in [1.82, 2.24) is 5.32 Å². The predicted octanol–water partition coefficient (Wildman–Crippen LogP) is 1.86. The van der Waals surface area contributed by atoms with Crippen molar-refractivity contribution in [1.29, 1.82) is 0 Å². The molecule has 2 aliphatic rings. The third-order valence-electron chi connectivity index (χ3n) is 2.82. The van der Waals surface area contributed by atoms with Gasteiger partial charge < -0.3 is 5.32 Å². The topological polar surface area (TPSA) is 21.9 Å². The Kier molecular flexibility index (Phi) is 0.878. The van der Waals surface area contributed by atoms with Crippen molar-refractivity contribution in [2.45, 2.75) is 24.4 Å². The van der Waals surface area contributed by atoms with E-state index in [2.05, 4.69) is 35.6 Å². The number of benzene rings is 1. The zero-order valence-corrected chi connectivity index (χ0v) is 6.38. The van der Waals surface area contributed by atoms with Gasteiger partial charge in [-0.3, -0.25) is 0 Å². The lowest BCUT2D eigenvalue weighted by atomic mass is 10.1. The van der Waals surface area contributed by atoms with Crippen LogP contribution in [0.2, 0.25) is 0 Å². The molecule has 0 radical (unpaired) electrons.